The quantitative estimate of drug-likeness (QED) is 0.407. The Balaban J connectivity index is 4.89. The molecule has 0 heterocycles. The van der Waals surface area contributed by atoms with Crippen molar-refractivity contribution in [3.05, 3.63) is 0 Å². The van der Waals surface area contributed by atoms with E-state index in [-0.39, 0.29) is 6.61 Å². The Morgan fingerprint density at radius 1 is 1.47 bits per heavy atom. The van der Waals surface area contributed by atoms with Crippen LogP contribution < -0.4 is 11.3 Å². The minimum absolute atomic E-state index is 0.155. The molecule has 1 atom stereocenters. The number of rotatable bonds is 6. The molecule has 0 fully saturated rings. The Hall–Kier alpha value is -0.860. The highest BCUT2D eigenvalue weighted by molar-refractivity contribution is 5.81. The monoisotopic (exact) mass is 257 g/mol. The maximum absolute atomic E-state index is 12.4. The van der Waals surface area contributed by atoms with Gasteiger partial charge in [-0.1, -0.05) is 0 Å². The number of halogens is 3. The number of hydrogen-bond donors (Lipinski definition) is 2. The summed E-state index contributed by atoms with van der Waals surface area (Å²) in [5.74, 6) is 4.24. The van der Waals surface area contributed by atoms with Gasteiger partial charge in [-0.25, -0.2) is 5.84 Å². The third-order valence-electron chi connectivity index (χ3n) is 2.19. The van der Waals surface area contributed by atoms with E-state index in [1.54, 1.807) is 13.8 Å². The van der Waals surface area contributed by atoms with Crippen LogP contribution in [0.5, 0.6) is 0 Å². The van der Waals surface area contributed by atoms with E-state index in [9.17, 15) is 18.0 Å². The Labute approximate surface area is 98.1 Å². The summed E-state index contributed by atoms with van der Waals surface area (Å²) in [4.78, 5) is 12.4. The second-order valence-electron chi connectivity index (χ2n) is 3.86. The number of hydrogen-bond acceptors (Lipinski definition) is 4. The van der Waals surface area contributed by atoms with Crippen LogP contribution in [-0.4, -0.2) is 49.3 Å². The molecule has 0 aliphatic carbocycles. The summed E-state index contributed by atoms with van der Waals surface area (Å²) >= 11 is 0. The smallest absolute Gasteiger partial charge is 0.383 e. The SMILES string of the molecule is COCC(C(=O)NN)N(CC(F)(F)F)C(C)C. The molecule has 0 spiro atoms. The molecule has 5 nitrogen and oxygen atoms in total. The van der Waals surface area contributed by atoms with Crippen LogP contribution in [0.3, 0.4) is 0 Å². The van der Waals surface area contributed by atoms with E-state index in [1.807, 2.05) is 5.43 Å². The predicted molar refractivity (Wildman–Crippen MR) is 55.9 cm³/mol. The zero-order valence-corrected chi connectivity index (χ0v) is 10.0. The number of amides is 1. The van der Waals surface area contributed by atoms with E-state index >= 15 is 0 Å². The largest absolute Gasteiger partial charge is 0.401 e. The normalized spacial score (nSPS) is 14.2. The second kappa shape index (κ2) is 6.77. The maximum atomic E-state index is 12.4. The number of alkyl halides is 3. The Bertz CT molecular complexity index is 246. The number of nitrogens with zero attached hydrogens (tertiary/aromatic N) is 1. The summed E-state index contributed by atoms with van der Waals surface area (Å²) < 4.78 is 41.9. The van der Waals surface area contributed by atoms with Crippen molar-refractivity contribution in [2.24, 2.45) is 5.84 Å². The first-order valence-electron chi connectivity index (χ1n) is 5.04. The Kier molecular flexibility index (Phi) is 6.43. The number of nitrogens with two attached hydrogens (primary N) is 1. The standard InChI is InChI=1S/C9H18F3N3O2/c1-6(2)15(5-9(10,11)12)7(4-17-3)8(16)14-13/h6-7H,4-5,13H2,1-3H3,(H,14,16). The molecular weight excluding hydrogens is 239 g/mol. The molecule has 0 aromatic rings. The van der Waals surface area contributed by atoms with Gasteiger partial charge >= 0.3 is 6.18 Å². The first kappa shape index (κ1) is 16.1. The lowest BCUT2D eigenvalue weighted by atomic mass is 10.2. The molecule has 0 radical (unpaired) electrons. The molecule has 102 valence electrons. The maximum Gasteiger partial charge on any atom is 0.401 e. The van der Waals surface area contributed by atoms with Crippen LogP contribution in [-0.2, 0) is 9.53 Å². The van der Waals surface area contributed by atoms with Gasteiger partial charge < -0.3 is 4.74 Å². The van der Waals surface area contributed by atoms with Gasteiger partial charge in [0.25, 0.3) is 5.91 Å². The highest BCUT2D eigenvalue weighted by Crippen LogP contribution is 2.20. The van der Waals surface area contributed by atoms with Gasteiger partial charge in [0, 0.05) is 13.2 Å². The van der Waals surface area contributed by atoms with Gasteiger partial charge in [0.1, 0.15) is 6.04 Å². The number of carbonyl (C=O) groups excluding carboxylic acids is 1. The minimum atomic E-state index is -4.38. The third kappa shape index (κ3) is 5.85. The first-order valence-corrected chi connectivity index (χ1v) is 5.04. The van der Waals surface area contributed by atoms with Gasteiger partial charge in [0.05, 0.1) is 13.2 Å². The number of methoxy groups -OCH3 is 1. The highest BCUT2D eigenvalue weighted by Gasteiger charge is 2.37. The number of hydrazine groups is 1. The average Bonchev–Trinajstić information content (AvgIpc) is 2.20. The van der Waals surface area contributed by atoms with Crippen LogP contribution >= 0.6 is 0 Å². The van der Waals surface area contributed by atoms with Gasteiger partial charge in [0.15, 0.2) is 0 Å². The van der Waals surface area contributed by atoms with Gasteiger partial charge in [-0.2, -0.15) is 13.2 Å². The molecule has 0 aromatic heterocycles. The van der Waals surface area contributed by atoms with Gasteiger partial charge in [0.2, 0.25) is 0 Å². The molecular formula is C9H18F3N3O2. The van der Waals surface area contributed by atoms with Gasteiger partial charge in [-0.15, -0.1) is 0 Å². The lowest BCUT2D eigenvalue weighted by molar-refractivity contribution is -0.162. The molecule has 3 N–H and O–H groups in total. The van der Waals surface area contributed by atoms with Crippen molar-refractivity contribution < 1.29 is 22.7 Å². The molecule has 0 bridgehead atoms. The topological polar surface area (TPSA) is 67.6 Å². The van der Waals surface area contributed by atoms with E-state index in [0.717, 1.165) is 4.90 Å². The van der Waals surface area contributed by atoms with Crippen LogP contribution in [0.25, 0.3) is 0 Å². The molecule has 1 unspecified atom stereocenters. The molecule has 0 rings (SSSR count). The van der Waals surface area contributed by atoms with Gasteiger partial charge in [-0.05, 0) is 13.8 Å². The molecule has 17 heavy (non-hydrogen) atoms. The fourth-order valence-electron chi connectivity index (χ4n) is 1.44. The molecule has 1 amide bonds. The van der Waals surface area contributed by atoms with Crippen LogP contribution in [0, 0.1) is 0 Å². The molecule has 0 aromatic carbocycles. The summed E-state index contributed by atoms with van der Waals surface area (Å²) in [6.07, 6.45) is -4.38. The van der Waals surface area contributed by atoms with Crippen molar-refractivity contribution in [3.8, 4) is 0 Å². The van der Waals surface area contributed by atoms with Crippen LogP contribution in [0.2, 0.25) is 0 Å². The molecule has 0 aliphatic rings. The van der Waals surface area contributed by atoms with E-state index in [0.29, 0.717) is 0 Å². The fraction of sp³-hybridized carbons (Fsp3) is 0.889. The lowest BCUT2D eigenvalue weighted by Crippen LogP contribution is -2.55. The van der Waals surface area contributed by atoms with Crippen molar-refractivity contribution in [2.75, 3.05) is 20.3 Å². The summed E-state index contributed by atoms with van der Waals surface area (Å²) in [7, 11) is 1.31. The number of nitrogens with one attached hydrogen (secondary N) is 1. The molecule has 0 aliphatic heterocycles. The third-order valence-corrected chi connectivity index (χ3v) is 2.19. The lowest BCUT2D eigenvalue weighted by Gasteiger charge is -2.33. The summed E-state index contributed by atoms with van der Waals surface area (Å²) in [5.41, 5.74) is 1.84. The average molecular weight is 257 g/mol. The van der Waals surface area contributed by atoms with E-state index in [1.165, 1.54) is 7.11 Å². The van der Waals surface area contributed by atoms with Crippen molar-refractivity contribution in [3.63, 3.8) is 0 Å². The number of carbonyl (C=O) groups is 1. The first-order chi connectivity index (χ1) is 7.72. The van der Waals surface area contributed by atoms with Crippen LogP contribution in [0.15, 0.2) is 0 Å². The summed E-state index contributed by atoms with van der Waals surface area (Å²) in [6.45, 7) is 1.79. The zero-order valence-electron chi connectivity index (χ0n) is 10.0. The Morgan fingerprint density at radius 2 is 2.00 bits per heavy atom. The van der Waals surface area contributed by atoms with E-state index < -0.39 is 30.7 Å². The Morgan fingerprint density at radius 3 is 2.29 bits per heavy atom. The number of ether oxygens (including phenoxy) is 1. The highest BCUT2D eigenvalue weighted by atomic mass is 19.4. The van der Waals surface area contributed by atoms with Crippen molar-refractivity contribution in [1.29, 1.82) is 0 Å². The zero-order chi connectivity index (χ0) is 13.6. The minimum Gasteiger partial charge on any atom is -0.383 e. The van der Waals surface area contributed by atoms with Crippen molar-refractivity contribution in [2.45, 2.75) is 32.1 Å². The predicted octanol–water partition coefficient (Wildman–Crippen LogP) is 0.264. The van der Waals surface area contributed by atoms with Crippen molar-refractivity contribution >= 4 is 5.91 Å². The molecule has 8 heteroatoms. The van der Waals surface area contributed by atoms with Crippen molar-refractivity contribution in [1.82, 2.24) is 10.3 Å². The summed E-state index contributed by atoms with van der Waals surface area (Å²) in [5, 5.41) is 0. The molecule has 0 saturated carbocycles. The van der Waals surface area contributed by atoms with E-state index in [2.05, 4.69) is 0 Å². The fourth-order valence-corrected chi connectivity index (χ4v) is 1.44. The van der Waals surface area contributed by atoms with Crippen LogP contribution in [0.4, 0.5) is 13.2 Å². The van der Waals surface area contributed by atoms with Gasteiger partial charge in [-0.3, -0.25) is 15.1 Å². The second-order valence-corrected chi connectivity index (χ2v) is 3.86. The van der Waals surface area contributed by atoms with Crippen LogP contribution in [0.1, 0.15) is 13.8 Å². The summed E-state index contributed by atoms with van der Waals surface area (Å²) in [6, 6.07) is -1.53. The van der Waals surface area contributed by atoms with E-state index in [4.69, 9.17) is 10.6 Å². The molecule has 0 saturated heterocycles.